The van der Waals surface area contributed by atoms with E-state index in [1.165, 1.54) is 12.1 Å². The molecule has 5 nitrogen and oxygen atoms in total. The number of benzene rings is 1. The zero-order valence-corrected chi connectivity index (χ0v) is 14.0. The second kappa shape index (κ2) is 8.59. The van der Waals surface area contributed by atoms with Crippen molar-refractivity contribution >= 4 is 5.91 Å². The van der Waals surface area contributed by atoms with Crippen molar-refractivity contribution in [1.29, 1.82) is 0 Å². The van der Waals surface area contributed by atoms with Gasteiger partial charge in [-0.05, 0) is 36.8 Å². The van der Waals surface area contributed by atoms with E-state index in [1.54, 1.807) is 18.2 Å². The van der Waals surface area contributed by atoms with Crippen LogP contribution in [-0.4, -0.2) is 29.3 Å². The summed E-state index contributed by atoms with van der Waals surface area (Å²) in [4.78, 5) is 12.2. The molecular formula is C18H23FN2O3. The van der Waals surface area contributed by atoms with E-state index in [4.69, 9.17) is 9.63 Å². The lowest BCUT2D eigenvalue weighted by Crippen LogP contribution is -2.30. The summed E-state index contributed by atoms with van der Waals surface area (Å²) in [5.74, 6) is 0.107. The van der Waals surface area contributed by atoms with Crippen LogP contribution in [0.2, 0.25) is 0 Å². The van der Waals surface area contributed by atoms with Gasteiger partial charge in [-0.25, -0.2) is 4.39 Å². The number of aromatic nitrogens is 1. The van der Waals surface area contributed by atoms with E-state index in [1.807, 2.05) is 0 Å². The number of nitrogens with zero attached hydrogens (tertiary/aromatic N) is 1. The second-order valence-electron chi connectivity index (χ2n) is 6.27. The largest absolute Gasteiger partial charge is 0.396 e. The topological polar surface area (TPSA) is 75.4 Å². The Morgan fingerprint density at radius 1 is 1.38 bits per heavy atom. The number of rotatable bonds is 8. The van der Waals surface area contributed by atoms with E-state index in [2.05, 4.69) is 24.3 Å². The zero-order valence-electron chi connectivity index (χ0n) is 14.0. The molecule has 0 radical (unpaired) electrons. The third-order valence-corrected chi connectivity index (χ3v) is 3.78. The molecule has 0 saturated heterocycles. The predicted molar refractivity (Wildman–Crippen MR) is 88.9 cm³/mol. The molecule has 0 aliphatic rings. The second-order valence-corrected chi connectivity index (χ2v) is 6.27. The standard InChI is InChI=1S/C18H23FN2O3/c1-12(2)9-13(7-8-22)11-20-18(23)16-10-17(24-21-16)14-5-3-4-6-15(14)19/h3-6,10,12-13,22H,7-9,11H2,1-2H3,(H,20,23). The van der Waals surface area contributed by atoms with Gasteiger partial charge in [0.15, 0.2) is 11.5 Å². The van der Waals surface area contributed by atoms with Crippen LogP contribution in [0, 0.1) is 17.7 Å². The molecule has 130 valence electrons. The van der Waals surface area contributed by atoms with E-state index in [-0.39, 0.29) is 35.4 Å². The minimum atomic E-state index is -0.430. The van der Waals surface area contributed by atoms with Crippen molar-refractivity contribution in [3.05, 3.63) is 41.8 Å². The van der Waals surface area contributed by atoms with Gasteiger partial charge in [-0.3, -0.25) is 4.79 Å². The van der Waals surface area contributed by atoms with Crippen LogP contribution in [0.1, 0.15) is 37.2 Å². The molecular weight excluding hydrogens is 311 g/mol. The van der Waals surface area contributed by atoms with Crippen molar-refractivity contribution in [3.8, 4) is 11.3 Å². The maximum atomic E-state index is 13.7. The predicted octanol–water partition coefficient (Wildman–Crippen LogP) is 3.26. The Morgan fingerprint density at radius 2 is 2.12 bits per heavy atom. The van der Waals surface area contributed by atoms with E-state index in [0.717, 1.165) is 6.42 Å². The van der Waals surface area contributed by atoms with E-state index >= 15 is 0 Å². The van der Waals surface area contributed by atoms with Gasteiger partial charge in [0.2, 0.25) is 0 Å². The molecule has 2 aromatic rings. The number of aliphatic hydroxyl groups excluding tert-OH is 1. The summed E-state index contributed by atoms with van der Waals surface area (Å²) in [7, 11) is 0. The average Bonchev–Trinajstić information content (AvgIpc) is 3.02. The number of hydrogen-bond acceptors (Lipinski definition) is 4. The number of hydrogen-bond donors (Lipinski definition) is 2. The van der Waals surface area contributed by atoms with Crippen LogP contribution < -0.4 is 5.32 Å². The summed E-state index contributed by atoms with van der Waals surface area (Å²) in [6, 6.07) is 7.59. The normalized spacial score (nSPS) is 12.4. The Bertz CT molecular complexity index is 670. The smallest absolute Gasteiger partial charge is 0.273 e. The molecule has 2 N–H and O–H groups in total. The number of carbonyl (C=O) groups excluding carboxylic acids is 1. The fourth-order valence-electron chi connectivity index (χ4n) is 2.65. The number of aliphatic hydroxyl groups is 1. The molecule has 0 saturated carbocycles. The summed E-state index contributed by atoms with van der Waals surface area (Å²) < 4.78 is 18.8. The van der Waals surface area contributed by atoms with Crippen molar-refractivity contribution in [2.45, 2.75) is 26.7 Å². The maximum absolute atomic E-state index is 13.7. The van der Waals surface area contributed by atoms with Gasteiger partial charge in [0.1, 0.15) is 5.82 Å². The lowest BCUT2D eigenvalue weighted by atomic mass is 9.94. The number of nitrogens with one attached hydrogen (secondary N) is 1. The Morgan fingerprint density at radius 3 is 2.79 bits per heavy atom. The van der Waals surface area contributed by atoms with Crippen LogP contribution in [0.3, 0.4) is 0 Å². The fraction of sp³-hybridized carbons (Fsp3) is 0.444. The Hall–Kier alpha value is -2.21. The first-order valence-corrected chi connectivity index (χ1v) is 8.12. The molecule has 24 heavy (non-hydrogen) atoms. The quantitative estimate of drug-likeness (QED) is 0.777. The SMILES string of the molecule is CC(C)CC(CCO)CNC(=O)c1cc(-c2ccccc2F)on1. The summed E-state index contributed by atoms with van der Waals surface area (Å²) in [5.41, 5.74) is 0.377. The van der Waals surface area contributed by atoms with Crippen LogP contribution in [0.25, 0.3) is 11.3 Å². The lowest BCUT2D eigenvalue weighted by molar-refractivity contribution is 0.0932. The van der Waals surface area contributed by atoms with Gasteiger partial charge in [-0.2, -0.15) is 0 Å². The summed E-state index contributed by atoms with van der Waals surface area (Å²) >= 11 is 0. The Kier molecular flexibility index (Phi) is 6.49. The molecule has 1 unspecified atom stereocenters. The maximum Gasteiger partial charge on any atom is 0.273 e. The zero-order chi connectivity index (χ0) is 17.5. The molecule has 0 spiro atoms. The summed E-state index contributed by atoms with van der Waals surface area (Å²) in [5, 5.41) is 15.6. The van der Waals surface area contributed by atoms with Crippen LogP contribution in [-0.2, 0) is 0 Å². The number of carbonyl (C=O) groups is 1. The molecule has 1 aromatic heterocycles. The molecule has 1 aromatic carbocycles. The van der Waals surface area contributed by atoms with E-state index in [0.29, 0.717) is 18.9 Å². The van der Waals surface area contributed by atoms with Crippen LogP contribution in [0.4, 0.5) is 4.39 Å². The highest BCUT2D eigenvalue weighted by molar-refractivity contribution is 5.93. The number of amides is 1. The van der Waals surface area contributed by atoms with Crippen molar-refractivity contribution in [3.63, 3.8) is 0 Å². The van der Waals surface area contributed by atoms with Crippen molar-refractivity contribution in [2.75, 3.05) is 13.2 Å². The van der Waals surface area contributed by atoms with Crippen LogP contribution in [0.5, 0.6) is 0 Å². The van der Waals surface area contributed by atoms with Gasteiger partial charge in [0.05, 0.1) is 5.56 Å². The third kappa shape index (κ3) is 4.89. The van der Waals surface area contributed by atoms with Crippen molar-refractivity contribution in [2.24, 2.45) is 11.8 Å². The molecule has 2 rings (SSSR count). The molecule has 0 aliphatic heterocycles. The van der Waals surface area contributed by atoms with E-state index < -0.39 is 5.82 Å². The fourth-order valence-corrected chi connectivity index (χ4v) is 2.65. The van der Waals surface area contributed by atoms with Crippen molar-refractivity contribution in [1.82, 2.24) is 10.5 Å². The monoisotopic (exact) mass is 334 g/mol. The molecule has 0 fully saturated rings. The Balaban J connectivity index is 1.99. The van der Waals surface area contributed by atoms with Gasteiger partial charge in [0.25, 0.3) is 5.91 Å². The molecule has 1 amide bonds. The van der Waals surface area contributed by atoms with Gasteiger partial charge in [-0.1, -0.05) is 31.1 Å². The first kappa shape index (κ1) is 18.1. The summed E-state index contributed by atoms with van der Waals surface area (Å²) in [6.45, 7) is 4.75. The first-order chi connectivity index (χ1) is 11.5. The molecule has 6 heteroatoms. The molecule has 0 bridgehead atoms. The highest BCUT2D eigenvalue weighted by Gasteiger charge is 2.17. The highest BCUT2D eigenvalue weighted by atomic mass is 19.1. The van der Waals surface area contributed by atoms with Gasteiger partial charge >= 0.3 is 0 Å². The van der Waals surface area contributed by atoms with Crippen LogP contribution in [0.15, 0.2) is 34.9 Å². The Labute approximate surface area is 140 Å². The summed E-state index contributed by atoms with van der Waals surface area (Å²) in [6.07, 6.45) is 1.55. The van der Waals surface area contributed by atoms with Gasteiger partial charge in [0, 0.05) is 19.2 Å². The number of halogens is 1. The average molecular weight is 334 g/mol. The first-order valence-electron chi connectivity index (χ1n) is 8.12. The van der Waals surface area contributed by atoms with Crippen molar-refractivity contribution < 1.29 is 18.8 Å². The third-order valence-electron chi connectivity index (χ3n) is 3.78. The van der Waals surface area contributed by atoms with Gasteiger partial charge in [-0.15, -0.1) is 0 Å². The van der Waals surface area contributed by atoms with E-state index in [9.17, 15) is 9.18 Å². The molecule has 1 atom stereocenters. The minimum absolute atomic E-state index is 0.0919. The lowest BCUT2D eigenvalue weighted by Gasteiger charge is -2.18. The van der Waals surface area contributed by atoms with Gasteiger partial charge < -0.3 is 14.9 Å². The highest BCUT2D eigenvalue weighted by Crippen LogP contribution is 2.23. The minimum Gasteiger partial charge on any atom is -0.396 e. The van der Waals surface area contributed by atoms with Crippen LogP contribution >= 0.6 is 0 Å². The molecule has 1 heterocycles. The molecule has 0 aliphatic carbocycles.